The van der Waals surface area contributed by atoms with Crippen LogP contribution in [0.3, 0.4) is 0 Å². The lowest BCUT2D eigenvalue weighted by molar-refractivity contribution is 0.788. The van der Waals surface area contributed by atoms with Gasteiger partial charge in [0.2, 0.25) is 0 Å². The van der Waals surface area contributed by atoms with Gasteiger partial charge in [0.25, 0.3) is 0 Å². The number of nitrogens with two attached hydrogens (primary N) is 1. The van der Waals surface area contributed by atoms with Crippen molar-refractivity contribution in [3.63, 3.8) is 0 Å². The molecule has 0 bridgehead atoms. The van der Waals surface area contributed by atoms with Gasteiger partial charge < -0.3 is 5.73 Å². The highest BCUT2D eigenvalue weighted by Gasteiger charge is 1.96. The smallest absolute Gasteiger partial charge is 0.0434 e. The average molecular weight is 135 g/mol. The van der Waals surface area contributed by atoms with E-state index in [0.29, 0.717) is 0 Å². The van der Waals surface area contributed by atoms with Gasteiger partial charge in [0.1, 0.15) is 0 Å². The Morgan fingerprint density at radius 3 is 2.20 bits per heavy atom. The predicted molar refractivity (Wildman–Crippen MR) is 42.4 cm³/mol. The summed E-state index contributed by atoms with van der Waals surface area (Å²) in [6, 6.07) is 7.25. The molecule has 0 aromatic heterocycles. The number of nitrogen functional groups attached to an aromatic ring is 1. The Hall–Kier alpha value is -1.02. The Morgan fingerprint density at radius 2 is 1.80 bits per heavy atom. The maximum absolute atomic E-state index is 7.35. The Morgan fingerprint density at radius 1 is 1.30 bits per heavy atom. The maximum atomic E-state index is 7.35. The standard InChI is InChI=1S/C8H11N2/c1-6(9)7-2-4-8(10)5-3-7/h2-6,9H,10H2,1H3. The molecular weight excluding hydrogens is 124 g/mol. The van der Waals surface area contributed by atoms with Gasteiger partial charge in [0.15, 0.2) is 0 Å². The molecule has 0 saturated heterocycles. The van der Waals surface area contributed by atoms with Crippen LogP contribution >= 0.6 is 0 Å². The fourth-order valence-electron chi connectivity index (χ4n) is 0.785. The van der Waals surface area contributed by atoms with E-state index in [1.54, 1.807) is 0 Å². The number of benzene rings is 1. The lowest BCUT2D eigenvalue weighted by Gasteiger charge is -2.02. The second-order valence-corrected chi connectivity index (χ2v) is 2.39. The van der Waals surface area contributed by atoms with Crippen LogP contribution in [-0.4, -0.2) is 0 Å². The van der Waals surface area contributed by atoms with Crippen LogP contribution in [0.4, 0.5) is 5.69 Å². The van der Waals surface area contributed by atoms with E-state index in [0.717, 1.165) is 11.3 Å². The first-order chi connectivity index (χ1) is 4.70. The van der Waals surface area contributed by atoms with Crippen molar-refractivity contribution in [2.24, 2.45) is 0 Å². The first-order valence-corrected chi connectivity index (χ1v) is 3.26. The van der Waals surface area contributed by atoms with Gasteiger partial charge in [-0.25, -0.2) is 0 Å². The molecule has 1 atom stereocenters. The molecule has 0 amide bonds. The van der Waals surface area contributed by atoms with Crippen LogP contribution in [0, 0.1) is 0 Å². The highest BCUT2D eigenvalue weighted by Crippen LogP contribution is 2.12. The SMILES string of the molecule is CC([NH])c1ccc(N)cc1. The van der Waals surface area contributed by atoms with E-state index < -0.39 is 0 Å². The van der Waals surface area contributed by atoms with Crippen molar-refractivity contribution in [1.82, 2.24) is 5.73 Å². The van der Waals surface area contributed by atoms with Crippen LogP contribution in [-0.2, 0) is 0 Å². The number of nitrogens with one attached hydrogen (secondary N) is 1. The third-order valence-electron chi connectivity index (χ3n) is 1.44. The number of hydrogen-bond donors (Lipinski definition) is 1. The van der Waals surface area contributed by atoms with Crippen molar-refractivity contribution in [3.05, 3.63) is 29.8 Å². The van der Waals surface area contributed by atoms with Gasteiger partial charge in [-0.3, -0.25) is 5.73 Å². The van der Waals surface area contributed by atoms with Crippen molar-refractivity contribution in [2.45, 2.75) is 13.0 Å². The molecule has 0 saturated carbocycles. The zero-order valence-electron chi connectivity index (χ0n) is 5.96. The molecule has 1 aromatic rings. The summed E-state index contributed by atoms with van der Waals surface area (Å²) in [7, 11) is 0. The normalized spacial score (nSPS) is 13.0. The van der Waals surface area contributed by atoms with Crippen LogP contribution < -0.4 is 11.5 Å². The van der Waals surface area contributed by atoms with Crippen molar-refractivity contribution < 1.29 is 0 Å². The summed E-state index contributed by atoms with van der Waals surface area (Å²) in [6.45, 7) is 1.84. The molecule has 0 fully saturated rings. The molecule has 2 nitrogen and oxygen atoms in total. The van der Waals surface area contributed by atoms with Crippen LogP contribution in [0.1, 0.15) is 18.5 Å². The summed E-state index contributed by atoms with van der Waals surface area (Å²) in [5.74, 6) is 0. The van der Waals surface area contributed by atoms with Gasteiger partial charge in [-0.2, -0.15) is 0 Å². The molecule has 10 heavy (non-hydrogen) atoms. The molecule has 1 aromatic carbocycles. The topological polar surface area (TPSA) is 49.8 Å². The number of anilines is 1. The van der Waals surface area contributed by atoms with Gasteiger partial charge in [0, 0.05) is 11.7 Å². The molecule has 0 aliphatic heterocycles. The van der Waals surface area contributed by atoms with E-state index in [-0.39, 0.29) is 6.04 Å². The zero-order chi connectivity index (χ0) is 7.56. The van der Waals surface area contributed by atoms with Gasteiger partial charge in [-0.15, -0.1) is 0 Å². The minimum Gasteiger partial charge on any atom is -0.399 e. The number of rotatable bonds is 1. The van der Waals surface area contributed by atoms with Crippen LogP contribution in [0.2, 0.25) is 0 Å². The van der Waals surface area contributed by atoms with Crippen molar-refractivity contribution in [2.75, 3.05) is 5.73 Å². The molecule has 0 spiro atoms. The van der Waals surface area contributed by atoms with Gasteiger partial charge in [0.05, 0.1) is 0 Å². The third kappa shape index (κ3) is 1.48. The van der Waals surface area contributed by atoms with E-state index in [9.17, 15) is 0 Å². The minimum absolute atomic E-state index is 0.152. The quantitative estimate of drug-likeness (QED) is 0.584. The van der Waals surface area contributed by atoms with Gasteiger partial charge in [-0.05, 0) is 24.6 Å². The summed E-state index contributed by atoms with van der Waals surface area (Å²) in [4.78, 5) is 0. The zero-order valence-corrected chi connectivity index (χ0v) is 5.96. The maximum Gasteiger partial charge on any atom is 0.0434 e. The second kappa shape index (κ2) is 2.71. The van der Waals surface area contributed by atoms with E-state index in [4.69, 9.17) is 11.5 Å². The molecule has 0 aliphatic rings. The summed E-state index contributed by atoms with van der Waals surface area (Å²) < 4.78 is 0. The van der Waals surface area contributed by atoms with Gasteiger partial charge in [-0.1, -0.05) is 12.1 Å². The fourth-order valence-corrected chi connectivity index (χ4v) is 0.785. The van der Waals surface area contributed by atoms with Crippen molar-refractivity contribution in [3.8, 4) is 0 Å². The van der Waals surface area contributed by atoms with Crippen LogP contribution in [0.25, 0.3) is 0 Å². The van der Waals surface area contributed by atoms with E-state index >= 15 is 0 Å². The van der Waals surface area contributed by atoms with Crippen molar-refractivity contribution >= 4 is 5.69 Å². The molecule has 53 valence electrons. The van der Waals surface area contributed by atoms with Crippen LogP contribution in [0.5, 0.6) is 0 Å². The highest BCUT2D eigenvalue weighted by atomic mass is 14.6. The van der Waals surface area contributed by atoms with E-state index in [2.05, 4.69) is 0 Å². The van der Waals surface area contributed by atoms with E-state index in [1.807, 2.05) is 31.2 Å². The van der Waals surface area contributed by atoms with E-state index in [1.165, 1.54) is 0 Å². The minimum atomic E-state index is -0.152. The molecule has 0 heterocycles. The summed E-state index contributed by atoms with van der Waals surface area (Å²) in [6.07, 6.45) is 0. The average Bonchev–Trinajstić information content (AvgIpc) is 1.88. The van der Waals surface area contributed by atoms with Crippen molar-refractivity contribution in [1.29, 1.82) is 0 Å². The molecule has 1 rings (SSSR count). The molecular formula is C8H11N2. The fraction of sp³-hybridized carbons (Fsp3) is 0.250. The number of hydrogen-bond acceptors (Lipinski definition) is 1. The van der Waals surface area contributed by atoms with Gasteiger partial charge >= 0.3 is 0 Å². The first-order valence-electron chi connectivity index (χ1n) is 3.26. The Balaban J connectivity index is 2.89. The molecule has 3 N–H and O–H groups in total. The summed E-state index contributed by atoms with van der Waals surface area (Å²) >= 11 is 0. The molecule has 2 heteroatoms. The highest BCUT2D eigenvalue weighted by molar-refractivity contribution is 5.39. The predicted octanol–water partition coefficient (Wildman–Crippen LogP) is 1.61. The Kier molecular flexibility index (Phi) is 1.92. The second-order valence-electron chi connectivity index (χ2n) is 2.39. The summed E-state index contributed by atoms with van der Waals surface area (Å²) in [5, 5.41) is 0. The van der Waals surface area contributed by atoms with Crippen LogP contribution in [0.15, 0.2) is 24.3 Å². The third-order valence-corrected chi connectivity index (χ3v) is 1.44. The molecule has 1 radical (unpaired) electrons. The largest absolute Gasteiger partial charge is 0.399 e. The lowest BCUT2D eigenvalue weighted by Crippen LogP contribution is -1.93. The Bertz CT molecular complexity index is 201. The Labute approximate surface area is 60.8 Å². The first kappa shape index (κ1) is 7.09. The molecule has 1 unspecified atom stereocenters. The molecule has 0 aliphatic carbocycles. The lowest BCUT2D eigenvalue weighted by atomic mass is 10.1. The monoisotopic (exact) mass is 135 g/mol. The summed E-state index contributed by atoms with van der Waals surface area (Å²) in [5.41, 5.74) is 14.6.